The van der Waals surface area contributed by atoms with E-state index in [0.717, 1.165) is 10.5 Å². The van der Waals surface area contributed by atoms with Crippen molar-refractivity contribution in [2.45, 2.75) is 6.61 Å². The lowest BCUT2D eigenvalue weighted by Crippen LogP contribution is -2.29. The fourth-order valence-electron chi connectivity index (χ4n) is 3.54. The molecule has 0 saturated heterocycles. The molecule has 0 radical (unpaired) electrons. The molecule has 0 atom stereocenters. The number of oxazole rings is 1. The van der Waals surface area contributed by atoms with Gasteiger partial charge in [-0.05, 0) is 30.3 Å². The van der Waals surface area contributed by atoms with Gasteiger partial charge in [-0.1, -0.05) is 54.1 Å². The number of rotatable bonds is 5. The zero-order valence-electron chi connectivity index (χ0n) is 17.0. The fraction of sp³-hybridized carbons (Fsp3) is 0.0400. The molecule has 0 spiro atoms. The highest BCUT2D eigenvalue weighted by molar-refractivity contribution is 6.39. The van der Waals surface area contributed by atoms with Crippen molar-refractivity contribution >= 4 is 35.1 Å². The number of anilines is 1. The molecule has 4 aromatic rings. The van der Waals surface area contributed by atoms with E-state index in [4.69, 9.17) is 20.8 Å². The van der Waals surface area contributed by atoms with Gasteiger partial charge in [0.15, 0.2) is 12.4 Å². The molecule has 8 heteroatoms. The van der Waals surface area contributed by atoms with Crippen molar-refractivity contribution in [3.8, 4) is 11.3 Å². The average Bonchev–Trinajstić information content (AvgIpc) is 3.41. The number of imide groups is 1. The van der Waals surface area contributed by atoms with Gasteiger partial charge in [-0.15, -0.1) is 0 Å². The van der Waals surface area contributed by atoms with Gasteiger partial charge in [-0.2, -0.15) is 0 Å². The Kier molecular flexibility index (Phi) is 5.24. The van der Waals surface area contributed by atoms with Crippen molar-refractivity contribution in [3.63, 3.8) is 0 Å². The molecule has 0 bridgehead atoms. The smallest absolute Gasteiger partial charge is 0.338 e. The van der Waals surface area contributed by atoms with Crippen molar-refractivity contribution in [2.24, 2.45) is 0 Å². The van der Waals surface area contributed by atoms with E-state index < -0.39 is 17.8 Å². The summed E-state index contributed by atoms with van der Waals surface area (Å²) in [6.45, 7) is -0.179. The number of nitrogens with zero attached hydrogens (tertiary/aromatic N) is 2. The van der Waals surface area contributed by atoms with E-state index in [1.165, 1.54) is 18.2 Å². The minimum absolute atomic E-state index is 0.108. The Labute approximate surface area is 193 Å². The highest BCUT2D eigenvalue weighted by atomic mass is 35.5. The second-order valence-electron chi connectivity index (χ2n) is 7.22. The third kappa shape index (κ3) is 3.79. The maximum absolute atomic E-state index is 12.9. The van der Waals surface area contributed by atoms with Gasteiger partial charge in [0.25, 0.3) is 11.8 Å². The highest BCUT2D eigenvalue weighted by Crippen LogP contribution is 2.33. The van der Waals surface area contributed by atoms with Crippen molar-refractivity contribution in [2.75, 3.05) is 4.90 Å². The molecule has 33 heavy (non-hydrogen) atoms. The molecule has 2 amide bonds. The molecular weight excluding hydrogens is 444 g/mol. The van der Waals surface area contributed by atoms with E-state index in [1.54, 1.807) is 30.5 Å². The monoisotopic (exact) mass is 458 g/mol. The number of fused-ring (bicyclic) bond motifs is 1. The Balaban J connectivity index is 1.32. The number of hydrogen-bond donors (Lipinski definition) is 0. The number of halogens is 1. The van der Waals surface area contributed by atoms with E-state index in [9.17, 15) is 14.4 Å². The Morgan fingerprint density at radius 2 is 1.67 bits per heavy atom. The van der Waals surface area contributed by atoms with Gasteiger partial charge < -0.3 is 9.15 Å². The summed E-state index contributed by atoms with van der Waals surface area (Å²) < 4.78 is 10.9. The number of ether oxygens (including phenoxy) is 1. The van der Waals surface area contributed by atoms with Crippen molar-refractivity contribution < 1.29 is 23.5 Å². The van der Waals surface area contributed by atoms with Crippen LogP contribution in [0.4, 0.5) is 5.69 Å². The lowest BCUT2D eigenvalue weighted by Gasteiger charge is -2.15. The van der Waals surface area contributed by atoms with Crippen molar-refractivity contribution in [1.82, 2.24) is 4.98 Å². The van der Waals surface area contributed by atoms with E-state index in [-0.39, 0.29) is 39.9 Å². The molecule has 1 aromatic heterocycles. The molecule has 0 saturated carbocycles. The molecule has 7 nitrogen and oxygen atoms in total. The SMILES string of the molecule is O=C(OCc1ncc(-c2ccccc2)o1)c1ccc2c(c1)C(=O)N(c1ccccc1Cl)C2=O. The van der Waals surface area contributed by atoms with Gasteiger partial charge in [0.2, 0.25) is 5.89 Å². The van der Waals surface area contributed by atoms with Crippen LogP contribution >= 0.6 is 11.6 Å². The van der Waals surface area contributed by atoms with E-state index >= 15 is 0 Å². The summed E-state index contributed by atoms with van der Waals surface area (Å²) in [6.07, 6.45) is 1.56. The number of amides is 2. The van der Waals surface area contributed by atoms with Gasteiger partial charge in [-0.25, -0.2) is 14.7 Å². The number of para-hydroxylation sites is 1. The first-order valence-corrected chi connectivity index (χ1v) is 10.4. The Morgan fingerprint density at radius 1 is 0.939 bits per heavy atom. The Bertz CT molecular complexity index is 1400. The van der Waals surface area contributed by atoms with Crippen LogP contribution in [0.2, 0.25) is 5.02 Å². The molecular formula is C25H15ClN2O5. The van der Waals surface area contributed by atoms with Crippen molar-refractivity contribution in [1.29, 1.82) is 0 Å². The molecule has 162 valence electrons. The topological polar surface area (TPSA) is 89.7 Å². The molecule has 5 rings (SSSR count). The van der Waals surface area contributed by atoms with Gasteiger partial charge in [0, 0.05) is 5.56 Å². The van der Waals surface area contributed by atoms with Crippen LogP contribution in [0.15, 0.2) is 83.4 Å². The number of hydrogen-bond acceptors (Lipinski definition) is 6. The summed E-state index contributed by atoms with van der Waals surface area (Å²) in [5.41, 5.74) is 1.57. The van der Waals surface area contributed by atoms with Crippen LogP contribution in [0.1, 0.15) is 37.0 Å². The van der Waals surface area contributed by atoms with Crippen molar-refractivity contribution in [3.05, 3.63) is 107 Å². The summed E-state index contributed by atoms with van der Waals surface area (Å²) >= 11 is 6.16. The second-order valence-corrected chi connectivity index (χ2v) is 7.63. The van der Waals surface area contributed by atoms with Crippen LogP contribution < -0.4 is 4.90 Å². The third-order valence-electron chi connectivity index (χ3n) is 5.15. The predicted octanol–water partition coefficient (Wildman–Crippen LogP) is 5.15. The third-order valence-corrected chi connectivity index (χ3v) is 5.47. The zero-order chi connectivity index (χ0) is 22.9. The molecule has 0 unspecified atom stereocenters. The van der Waals surface area contributed by atoms with Gasteiger partial charge in [-0.3, -0.25) is 9.59 Å². The zero-order valence-corrected chi connectivity index (χ0v) is 17.8. The van der Waals surface area contributed by atoms with Crippen LogP contribution in [-0.4, -0.2) is 22.8 Å². The van der Waals surface area contributed by atoms with E-state index in [2.05, 4.69) is 4.98 Å². The van der Waals surface area contributed by atoms with Gasteiger partial charge in [0.05, 0.1) is 33.6 Å². The predicted molar refractivity (Wildman–Crippen MR) is 120 cm³/mol. The first-order chi connectivity index (χ1) is 16.0. The van der Waals surface area contributed by atoms with Crippen LogP contribution in [0.3, 0.4) is 0 Å². The number of esters is 1. The molecule has 0 aliphatic carbocycles. The van der Waals surface area contributed by atoms with E-state index in [1.807, 2.05) is 30.3 Å². The second kappa shape index (κ2) is 8.37. The molecule has 3 aromatic carbocycles. The Morgan fingerprint density at radius 3 is 2.45 bits per heavy atom. The van der Waals surface area contributed by atoms with Crippen LogP contribution in [0.5, 0.6) is 0 Å². The summed E-state index contributed by atoms with van der Waals surface area (Å²) in [5, 5.41) is 0.271. The summed E-state index contributed by atoms with van der Waals surface area (Å²) in [5.74, 6) is -0.939. The first-order valence-electron chi connectivity index (χ1n) is 9.97. The first kappa shape index (κ1) is 20.7. The minimum Gasteiger partial charge on any atom is -0.452 e. The summed E-state index contributed by atoms with van der Waals surface area (Å²) in [6, 6.07) is 20.2. The number of benzene rings is 3. The van der Waals surface area contributed by atoms with Crippen LogP contribution in [-0.2, 0) is 11.3 Å². The largest absolute Gasteiger partial charge is 0.452 e. The highest BCUT2D eigenvalue weighted by Gasteiger charge is 2.38. The number of aromatic nitrogens is 1. The lowest BCUT2D eigenvalue weighted by atomic mass is 10.1. The van der Waals surface area contributed by atoms with Crippen LogP contribution in [0, 0.1) is 0 Å². The minimum atomic E-state index is -0.672. The molecule has 2 heterocycles. The average molecular weight is 459 g/mol. The quantitative estimate of drug-likeness (QED) is 0.303. The molecule has 0 fully saturated rings. The Hall–Kier alpha value is -4.23. The summed E-state index contributed by atoms with van der Waals surface area (Å²) in [4.78, 5) is 43.4. The number of carbonyl (C=O) groups is 3. The van der Waals surface area contributed by atoms with Gasteiger partial charge in [0.1, 0.15) is 0 Å². The summed E-state index contributed by atoms with van der Waals surface area (Å²) in [7, 11) is 0. The van der Waals surface area contributed by atoms with E-state index in [0.29, 0.717) is 5.76 Å². The lowest BCUT2D eigenvalue weighted by molar-refractivity contribution is 0.0438. The molecule has 1 aliphatic heterocycles. The maximum Gasteiger partial charge on any atom is 0.338 e. The van der Waals surface area contributed by atoms with Crippen LogP contribution in [0.25, 0.3) is 11.3 Å². The fourth-order valence-corrected chi connectivity index (χ4v) is 3.76. The number of carbonyl (C=O) groups excluding carboxylic acids is 3. The molecule has 1 aliphatic rings. The molecule has 0 N–H and O–H groups in total. The van der Waals surface area contributed by atoms with Gasteiger partial charge >= 0.3 is 5.97 Å². The normalized spacial score (nSPS) is 12.7. The maximum atomic E-state index is 12.9. The standard InChI is InChI=1S/C25H15ClN2O5/c26-19-8-4-5-9-20(19)28-23(29)17-11-10-16(12-18(17)24(28)30)25(31)32-14-22-27-13-21(33-22)15-6-2-1-3-7-15/h1-13H,14H2.